The number of hydrogen-bond acceptors (Lipinski definition) is 0. The molecule has 0 spiro atoms. The molecular weight excluding hydrogens is 288 g/mol. The van der Waals surface area contributed by atoms with E-state index in [9.17, 15) is 0 Å². The molecular formula is C24H28. The average molecular weight is 316 g/mol. The monoisotopic (exact) mass is 316 g/mol. The van der Waals surface area contributed by atoms with Crippen LogP contribution in [-0.4, -0.2) is 0 Å². The lowest BCUT2D eigenvalue weighted by Crippen LogP contribution is -1.93. The first-order valence-electron chi connectivity index (χ1n) is 8.85. The Labute approximate surface area is 147 Å². The molecule has 0 aliphatic rings. The molecule has 0 heterocycles. The van der Waals surface area contributed by atoms with E-state index in [1.54, 1.807) is 0 Å². The van der Waals surface area contributed by atoms with Gasteiger partial charge < -0.3 is 0 Å². The fourth-order valence-electron chi connectivity index (χ4n) is 2.78. The molecule has 24 heavy (non-hydrogen) atoms. The molecule has 2 aromatic carbocycles. The molecule has 0 fully saturated rings. The number of rotatable bonds is 8. The van der Waals surface area contributed by atoms with Crippen LogP contribution in [0.1, 0.15) is 50.7 Å². The minimum Gasteiger partial charge on any atom is -0.0998 e. The maximum atomic E-state index is 4.14. The Morgan fingerprint density at radius 3 is 1.79 bits per heavy atom. The molecule has 0 heteroatoms. The summed E-state index contributed by atoms with van der Waals surface area (Å²) in [5.74, 6) is 0. The molecule has 0 unspecified atom stereocenters. The van der Waals surface area contributed by atoms with Crippen molar-refractivity contribution in [2.24, 2.45) is 0 Å². The summed E-state index contributed by atoms with van der Waals surface area (Å²) in [5, 5.41) is 0. The quantitative estimate of drug-likeness (QED) is 0.354. The second-order valence-electron chi connectivity index (χ2n) is 6.40. The minimum absolute atomic E-state index is 0.928. The molecule has 124 valence electrons. The summed E-state index contributed by atoms with van der Waals surface area (Å²) in [6.45, 7) is 8.50. The van der Waals surface area contributed by atoms with Crippen molar-refractivity contribution in [3.05, 3.63) is 95.1 Å². The summed E-state index contributed by atoms with van der Waals surface area (Å²) >= 11 is 0. The van der Waals surface area contributed by atoms with Crippen LogP contribution in [0.5, 0.6) is 0 Å². The van der Waals surface area contributed by atoms with Crippen LogP contribution in [0.25, 0.3) is 12.2 Å². The summed E-state index contributed by atoms with van der Waals surface area (Å²) in [5.41, 5.74) is 6.53. The lowest BCUT2D eigenvalue weighted by atomic mass is 9.92. The van der Waals surface area contributed by atoms with Crippen LogP contribution in [-0.2, 0) is 0 Å². The van der Waals surface area contributed by atoms with Gasteiger partial charge in [0, 0.05) is 0 Å². The van der Waals surface area contributed by atoms with E-state index in [0.29, 0.717) is 0 Å². The largest absolute Gasteiger partial charge is 0.0998 e. The Balaban J connectivity index is 2.42. The van der Waals surface area contributed by atoms with E-state index in [0.717, 1.165) is 12.8 Å². The highest BCUT2D eigenvalue weighted by molar-refractivity contribution is 5.66. The van der Waals surface area contributed by atoms with Gasteiger partial charge in [-0.25, -0.2) is 0 Å². The van der Waals surface area contributed by atoms with E-state index in [1.165, 1.54) is 40.7 Å². The standard InChI is InChI=1S/C24H28/c1-4-5-16-23(18-21-12-8-6-9-13-21)24(17-20(2)3)19-22-14-10-7-11-15-22/h6-15,18-19H,2,4-5,16-17H2,1,3H3/b23-18+,24-19-. The SMILES string of the molecule is C=C(C)CC(=C/c1ccccc1)/C(=C/c1ccccc1)CCCC. The molecule has 2 rings (SSSR count). The predicted octanol–water partition coefficient (Wildman–Crippen LogP) is 7.31. The summed E-state index contributed by atoms with van der Waals surface area (Å²) in [7, 11) is 0. The van der Waals surface area contributed by atoms with Crippen molar-refractivity contribution in [3.63, 3.8) is 0 Å². The molecule has 0 amide bonds. The third-order valence-electron chi connectivity index (χ3n) is 3.99. The van der Waals surface area contributed by atoms with E-state index >= 15 is 0 Å². The van der Waals surface area contributed by atoms with Gasteiger partial charge in [-0.1, -0.05) is 98.3 Å². The van der Waals surface area contributed by atoms with E-state index in [1.807, 2.05) is 0 Å². The van der Waals surface area contributed by atoms with Gasteiger partial charge in [-0.2, -0.15) is 0 Å². The third kappa shape index (κ3) is 6.04. The van der Waals surface area contributed by atoms with E-state index < -0.39 is 0 Å². The molecule has 0 saturated heterocycles. The van der Waals surface area contributed by atoms with Gasteiger partial charge in [-0.3, -0.25) is 0 Å². The lowest BCUT2D eigenvalue weighted by molar-refractivity contribution is 0.791. The van der Waals surface area contributed by atoms with Gasteiger partial charge in [0.25, 0.3) is 0 Å². The van der Waals surface area contributed by atoms with Gasteiger partial charge in [0.15, 0.2) is 0 Å². The maximum absolute atomic E-state index is 4.14. The van der Waals surface area contributed by atoms with Crippen LogP contribution in [0.2, 0.25) is 0 Å². The number of allylic oxidation sites excluding steroid dienone is 3. The molecule has 0 saturated carbocycles. The minimum atomic E-state index is 0.928. The van der Waals surface area contributed by atoms with Crippen LogP contribution in [0.4, 0.5) is 0 Å². The predicted molar refractivity (Wildman–Crippen MR) is 108 cm³/mol. The Morgan fingerprint density at radius 2 is 1.33 bits per heavy atom. The molecule has 0 radical (unpaired) electrons. The van der Waals surface area contributed by atoms with E-state index in [2.05, 4.69) is 93.2 Å². The Bertz CT molecular complexity index is 687. The van der Waals surface area contributed by atoms with Crippen LogP contribution in [0.15, 0.2) is 84.0 Å². The first-order chi connectivity index (χ1) is 11.7. The number of benzene rings is 2. The highest BCUT2D eigenvalue weighted by Gasteiger charge is 2.07. The van der Waals surface area contributed by atoms with Gasteiger partial charge in [-0.15, -0.1) is 0 Å². The van der Waals surface area contributed by atoms with E-state index in [-0.39, 0.29) is 0 Å². The van der Waals surface area contributed by atoms with Gasteiger partial charge in [0.05, 0.1) is 0 Å². The average Bonchev–Trinajstić information content (AvgIpc) is 2.59. The second-order valence-corrected chi connectivity index (χ2v) is 6.40. The Morgan fingerprint density at radius 1 is 0.833 bits per heavy atom. The van der Waals surface area contributed by atoms with Crippen molar-refractivity contribution in [1.82, 2.24) is 0 Å². The zero-order valence-electron chi connectivity index (χ0n) is 15.0. The van der Waals surface area contributed by atoms with Crippen molar-refractivity contribution >= 4 is 12.2 Å². The molecule has 0 bridgehead atoms. The second kappa shape index (κ2) is 9.72. The van der Waals surface area contributed by atoms with Crippen molar-refractivity contribution in [2.45, 2.75) is 39.5 Å². The summed E-state index contributed by atoms with van der Waals surface area (Å²) in [4.78, 5) is 0. The maximum Gasteiger partial charge on any atom is -0.00696 e. The third-order valence-corrected chi connectivity index (χ3v) is 3.99. The molecule has 2 aromatic rings. The van der Waals surface area contributed by atoms with Crippen molar-refractivity contribution < 1.29 is 0 Å². The van der Waals surface area contributed by atoms with Crippen LogP contribution < -0.4 is 0 Å². The fraction of sp³-hybridized carbons (Fsp3) is 0.250. The van der Waals surface area contributed by atoms with Crippen molar-refractivity contribution in [3.8, 4) is 0 Å². The zero-order valence-corrected chi connectivity index (χ0v) is 15.0. The topological polar surface area (TPSA) is 0 Å². The zero-order chi connectivity index (χ0) is 17.2. The van der Waals surface area contributed by atoms with Crippen LogP contribution >= 0.6 is 0 Å². The molecule has 0 nitrogen and oxygen atoms in total. The van der Waals surface area contributed by atoms with Gasteiger partial charge >= 0.3 is 0 Å². The summed E-state index contributed by atoms with van der Waals surface area (Å²) in [6, 6.07) is 21.2. The molecule has 0 N–H and O–H groups in total. The van der Waals surface area contributed by atoms with Crippen molar-refractivity contribution in [2.75, 3.05) is 0 Å². The van der Waals surface area contributed by atoms with Gasteiger partial charge in [0.1, 0.15) is 0 Å². The molecule has 0 aromatic heterocycles. The smallest absolute Gasteiger partial charge is 0.00696 e. The van der Waals surface area contributed by atoms with Gasteiger partial charge in [-0.05, 0) is 48.5 Å². The number of hydrogen-bond donors (Lipinski definition) is 0. The molecule has 0 atom stereocenters. The molecule has 0 aliphatic carbocycles. The Kier molecular flexibility index (Phi) is 7.29. The van der Waals surface area contributed by atoms with Crippen molar-refractivity contribution in [1.29, 1.82) is 0 Å². The summed E-state index contributed by atoms with van der Waals surface area (Å²) in [6.07, 6.45) is 9.11. The molecule has 0 aliphatic heterocycles. The highest BCUT2D eigenvalue weighted by atomic mass is 14.1. The van der Waals surface area contributed by atoms with E-state index in [4.69, 9.17) is 0 Å². The number of unbranched alkanes of at least 4 members (excludes halogenated alkanes) is 1. The summed E-state index contributed by atoms with van der Waals surface area (Å²) < 4.78 is 0. The first kappa shape index (κ1) is 18.0. The Hall–Kier alpha value is -2.34. The first-order valence-corrected chi connectivity index (χ1v) is 8.85. The lowest BCUT2D eigenvalue weighted by Gasteiger charge is -2.14. The van der Waals surface area contributed by atoms with Gasteiger partial charge in [0.2, 0.25) is 0 Å². The van der Waals surface area contributed by atoms with Crippen LogP contribution in [0.3, 0.4) is 0 Å². The highest BCUT2D eigenvalue weighted by Crippen LogP contribution is 2.27. The normalized spacial score (nSPS) is 12.2. The van der Waals surface area contributed by atoms with Crippen LogP contribution in [0, 0.1) is 0 Å². The fourth-order valence-corrected chi connectivity index (χ4v) is 2.78.